The summed E-state index contributed by atoms with van der Waals surface area (Å²) in [5.74, 6) is 0.594. The summed E-state index contributed by atoms with van der Waals surface area (Å²) in [7, 11) is 1.80. The maximum Gasteiger partial charge on any atom is 0.224 e. The summed E-state index contributed by atoms with van der Waals surface area (Å²) in [5, 5.41) is 5.00. The molecule has 0 unspecified atom stereocenters. The van der Waals surface area contributed by atoms with Gasteiger partial charge in [0, 0.05) is 24.0 Å². The topological polar surface area (TPSA) is 50.7 Å². The van der Waals surface area contributed by atoms with Gasteiger partial charge in [0.05, 0.1) is 5.52 Å². The Morgan fingerprint density at radius 2 is 1.94 bits per heavy atom. The number of nitrogens with zero attached hydrogens (tertiary/aromatic N) is 3. The number of anilines is 1. The van der Waals surface area contributed by atoms with Gasteiger partial charge in [0.15, 0.2) is 5.65 Å². The predicted molar refractivity (Wildman–Crippen MR) is 69.1 cm³/mol. The summed E-state index contributed by atoms with van der Waals surface area (Å²) in [5.41, 5.74) is 2.91. The summed E-state index contributed by atoms with van der Waals surface area (Å²) in [6.07, 6.45) is 1.79. The van der Waals surface area contributed by atoms with Crippen molar-refractivity contribution in [1.29, 1.82) is 0 Å². The third kappa shape index (κ3) is 1.67. The van der Waals surface area contributed by atoms with Crippen molar-refractivity contribution in [3.05, 3.63) is 36.0 Å². The minimum atomic E-state index is 0.594. The van der Waals surface area contributed by atoms with Gasteiger partial charge in [-0.2, -0.15) is 4.98 Å². The van der Waals surface area contributed by atoms with Crippen molar-refractivity contribution < 1.29 is 0 Å². The molecular weight excluding hydrogens is 212 g/mol. The molecule has 3 rings (SSSR count). The Labute approximate surface area is 98.7 Å². The van der Waals surface area contributed by atoms with Crippen LogP contribution in [0.2, 0.25) is 0 Å². The average Bonchev–Trinajstić information content (AvgIpc) is 2.35. The Morgan fingerprint density at radius 1 is 1.06 bits per heavy atom. The molecule has 3 aromatic rings. The smallest absolute Gasteiger partial charge is 0.224 e. The number of benzene rings is 1. The van der Waals surface area contributed by atoms with Crippen LogP contribution in [0.1, 0.15) is 5.56 Å². The lowest BCUT2D eigenvalue weighted by atomic mass is 10.1. The van der Waals surface area contributed by atoms with Crippen molar-refractivity contribution in [1.82, 2.24) is 15.0 Å². The molecule has 0 saturated heterocycles. The second-order valence-corrected chi connectivity index (χ2v) is 4.04. The number of aromatic nitrogens is 3. The fourth-order valence-corrected chi connectivity index (χ4v) is 1.87. The van der Waals surface area contributed by atoms with Crippen molar-refractivity contribution in [2.24, 2.45) is 0 Å². The van der Waals surface area contributed by atoms with Gasteiger partial charge in [-0.05, 0) is 25.1 Å². The maximum absolute atomic E-state index is 4.54. The molecule has 2 aromatic heterocycles. The number of aryl methyl sites for hydroxylation is 1. The lowest BCUT2D eigenvalue weighted by Crippen LogP contribution is -1.97. The van der Waals surface area contributed by atoms with Gasteiger partial charge < -0.3 is 5.32 Å². The molecule has 0 aliphatic heterocycles. The summed E-state index contributed by atoms with van der Waals surface area (Å²) < 4.78 is 0. The first-order valence-corrected chi connectivity index (χ1v) is 5.48. The van der Waals surface area contributed by atoms with Gasteiger partial charge in [0.25, 0.3) is 0 Å². The Balaban J connectivity index is 2.35. The Bertz CT molecular complexity index is 706. The molecule has 1 aromatic carbocycles. The second-order valence-electron chi connectivity index (χ2n) is 4.04. The van der Waals surface area contributed by atoms with Crippen molar-refractivity contribution in [2.75, 3.05) is 12.4 Å². The van der Waals surface area contributed by atoms with Crippen LogP contribution >= 0.6 is 0 Å². The number of hydrogen-bond acceptors (Lipinski definition) is 4. The highest BCUT2D eigenvalue weighted by Crippen LogP contribution is 2.19. The monoisotopic (exact) mass is 224 g/mol. The van der Waals surface area contributed by atoms with E-state index >= 15 is 0 Å². The molecule has 0 atom stereocenters. The van der Waals surface area contributed by atoms with E-state index in [0.717, 1.165) is 21.9 Å². The van der Waals surface area contributed by atoms with Gasteiger partial charge in [-0.25, -0.2) is 9.97 Å². The first-order chi connectivity index (χ1) is 8.26. The van der Waals surface area contributed by atoms with Gasteiger partial charge in [-0.1, -0.05) is 11.6 Å². The Morgan fingerprint density at radius 3 is 2.76 bits per heavy atom. The fourth-order valence-electron chi connectivity index (χ4n) is 1.87. The predicted octanol–water partition coefficient (Wildman–Crippen LogP) is 2.53. The quantitative estimate of drug-likeness (QED) is 0.645. The zero-order valence-corrected chi connectivity index (χ0v) is 9.73. The molecule has 0 aliphatic carbocycles. The first kappa shape index (κ1) is 9.96. The van der Waals surface area contributed by atoms with E-state index in [1.807, 2.05) is 6.07 Å². The zero-order chi connectivity index (χ0) is 11.8. The zero-order valence-electron chi connectivity index (χ0n) is 9.73. The number of hydrogen-bond donors (Lipinski definition) is 1. The van der Waals surface area contributed by atoms with Crippen LogP contribution in [-0.2, 0) is 0 Å². The average molecular weight is 224 g/mol. The standard InChI is InChI=1S/C13H12N4/c1-8-3-4-11-9(5-8)6-10-7-15-13(14-2)17-12(10)16-11/h3-7H,1-2H3,(H,14,15,16,17). The van der Waals surface area contributed by atoms with E-state index in [4.69, 9.17) is 0 Å². The van der Waals surface area contributed by atoms with Gasteiger partial charge in [-0.15, -0.1) is 0 Å². The molecule has 1 N–H and O–H groups in total. The van der Waals surface area contributed by atoms with E-state index < -0.39 is 0 Å². The van der Waals surface area contributed by atoms with Crippen LogP contribution in [0.3, 0.4) is 0 Å². The summed E-state index contributed by atoms with van der Waals surface area (Å²) in [4.78, 5) is 13.1. The lowest BCUT2D eigenvalue weighted by molar-refractivity contribution is 1.17. The molecule has 0 saturated carbocycles. The number of pyridine rings is 1. The first-order valence-electron chi connectivity index (χ1n) is 5.48. The highest BCUT2D eigenvalue weighted by atomic mass is 15.1. The van der Waals surface area contributed by atoms with E-state index in [1.54, 1.807) is 13.2 Å². The minimum absolute atomic E-state index is 0.594. The summed E-state index contributed by atoms with van der Waals surface area (Å²) >= 11 is 0. The van der Waals surface area contributed by atoms with E-state index in [0.29, 0.717) is 5.95 Å². The van der Waals surface area contributed by atoms with Crippen LogP contribution in [0.5, 0.6) is 0 Å². The molecule has 84 valence electrons. The lowest BCUT2D eigenvalue weighted by Gasteiger charge is -2.03. The third-order valence-corrected chi connectivity index (χ3v) is 2.74. The van der Waals surface area contributed by atoms with Crippen LogP contribution in [0.4, 0.5) is 5.95 Å². The summed E-state index contributed by atoms with van der Waals surface area (Å²) in [6, 6.07) is 8.27. The molecule has 0 spiro atoms. The van der Waals surface area contributed by atoms with Crippen LogP contribution in [-0.4, -0.2) is 22.0 Å². The van der Waals surface area contributed by atoms with Gasteiger partial charge >= 0.3 is 0 Å². The van der Waals surface area contributed by atoms with Gasteiger partial charge in [-0.3, -0.25) is 0 Å². The number of fused-ring (bicyclic) bond motifs is 2. The summed E-state index contributed by atoms with van der Waals surface area (Å²) in [6.45, 7) is 2.07. The number of rotatable bonds is 1. The van der Waals surface area contributed by atoms with Gasteiger partial charge in [0.1, 0.15) is 0 Å². The normalized spacial score (nSPS) is 10.9. The van der Waals surface area contributed by atoms with Crippen LogP contribution in [0.25, 0.3) is 21.9 Å². The highest BCUT2D eigenvalue weighted by Gasteiger charge is 2.02. The molecule has 4 heteroatoms. The molecular formula is C13H12N4. The maximum atomic E-state index is 4.54. The Kier molecular flexibility index (Phi) is 2.14. The molecule has 4 nitrogen and oxygen atoms in total. The third-order valence-electron chi connectivity index (χ3n) is 2.74. The molecule has 0 aliphatic rings. The van der Waals surface area contributed by atoms with E-state index in [-0.39, 0.29) is 0 Å². The fraction of sp³-hybridized carbons (Fsp3) is 0.154. The number of nitrogens with one attached hydrogen (secondary N) is 1. The SMILES string of the molecule is CNc1ncc2cc3cc(C)ccc3nc2n1. The second kappa shape index (κ2) is 3.66. The molecule has 17 heavy (non-hydrogen) atoms. The van der Waals surface area contributed by atoms with Crippen LogP contribution in [0.15, 0.2) is 30.5 Å². The molecule has 0 amide bonds. The van der Waals surface area contributed by atoms with E-state index in [9.17, 15) is 0 Å². The van der Waals surface area contributed by atoms with Crippen molar-refractivity contribution >= 4 is 27.9 Å². The van der Waals surface area contributed by atoms with E-state index in [1.165, 1.54) is 5.56 Å². The van der Waals surface area contributed by atoms with Crippen molar-refractivity contribution in [3.63, 3.8) is 0 Å². The van der Waals surface area contributed by atoms with Crippen LogP contribution < -0.4 is 5.32 Å². The molecule has 0 bridgehead atoms. The van der Waals surface area contributed by atoms with Crippen molar-refractivity contribution in [3.8, 4) is 0 Å². The van der Waals surface area contributed by atoms with Gasteiger partial charge in [0.2, 0.25) is 5.95 Å². The highest BCUT2D eigenvalue weighted by molar-refractivity contribution is 5.91. The van der Waals surface area contributed by atoms with E-state index in [2.05, 4.69) is 45.4 Å². The molecule has 0 radical (unpaired) electrons. The Hall–Kier alpha value is -2.23. The largest absolute Gasteiger partial charge is 0.357 e. The molecule has 0 fully saturated rings. The minimum Gasteiger partial charge on any atom is -0.357 e. The molecule has 2 heterocycles. The van der Waals surface area contributed by atoms with Crippen LogP contribution in [0, 0.1) is 6.92 Å². The van der Waals surface area contributed by atoms with Crippen molar-refractivity contribution in [2.45, 2.75) is 6.92 Å².